The van der Waals surface area contributed by atoms with Crippen LogP contribution in [0.1, 0.15) is 25.1 Å². The lowest BCUT2D eigenvalue weighted by Gasteiger charge is -2.09. The van der Waals surface area contributed by atoms with Crippen molar-refractivity contribution >= 4 is 68.3 Å². The number of pyridine rings is 1. The lowest BCUT2D eigenvalue weighted by Crippen LogP contribution is -2.18. The summed E-state index contributed by atoms with van der Waals surface area (Å²) in [6.45, 7) is 5.81. The number of methoxy groups -OCH3 is 1. The molecule has 42 heavy (non-hydrogen) atoms. The fourth-order valence-corrected chi connectivity index (χ4v) is 4.86. The van der Waals surface area contributed by atoms with E-state index >= 15 is 0 Å². The first-order valence-electron chi connectivity index (χ1n) is 13.0. The van der Waals surface area contributed by atoms with E-state index < -0.39 is 11.9 Å². The molecule has 0 aliphatic carbocycles. The predicted molar refractivity (Wildman–Crippen MR) is 172 cm³/mol. The average Bonchev–Trinajstić information content (AvgIpc) is 3.39. The summed E-state index contributed by atoms with van der Waals surface area (Å²) in [7, 11) is 1.54. The van der Waals surface area contributed by atoms with E-state index in [1.54, 1.807) is 24.4 Å². The van der Waals surface area contributed by atoms with Gasteiger partial charge in [0.05, 0.1) is 46.4 Å². The van der Waals surface area contributed by atoms with E-state index in [0.29, 0.717) is 45.2 Å². The molecule has 3 heterocycles. The van der Waals surface area contributed by atoms with Crippen molar-refractivity contribution in [1.29, 1.82) is 0 Å². The molecule has 0 fully saturated rings. The van der Waals surface area contributed by atoms with Crippen LogP contribution in [0.15, 0.2) is 48.8 Å². The molecular weight excluding hydrogens is 676 g/mol. The van der Waals surface area contributed by atoms with Crippen LogP contribution in [0.2, 0.25) is 0 Å². The molecule has 0 saturated heterocycles. The van der Waals surface area contributed by atoms with Gasteiger partial charge in [-0.05, 0) is 36.8 Å². The zero-order valence-electron chi connectivity index (χ0n) is 23.5. The van der Waals surface area contributed by atoms with Crippen LogP contribution in [0.25, 0.3) is 31.8 Å². The molecule has 0 spiro atoms. The number of hydrogen-bond donors (Lipinski definition) is 2. The normalized spacial score (nSPS) is 10.4. The molecule has 1 amide bonds. The maximum atomic E-state index is 14.8. The van der Waals surface area contributed by atoms with Gasteiger partial charge in [0.25, 0.3) is 0 Å². The van der Waals surface area contributed by atoms with E-state index in [1.165, 1.54) is 30.7 Å². The monoisotopic (exact) mass is 707 g/mol. The van der Waals surface area contributed by atoms with Crippen LogP contribution >= 0.6 is 35.3 Å². The highest BCUT2D eigenvalue weighted by molar-refractivity contribution is 14.0. The highest BCUT2D eigenvalue weighted by atomic mass is 127. The molecule has 222 valence electrons. The Morgan fingerprint density at radius 1 is 1.05 bits per heavy atom. The zero-order chi connectivity index (χ0) is 29.4. The quantitative estimate of drug-likeness (QED) is 0.129. The third-order valence-electron chi connectivity index (χ3n) is 5.66. The largest absolute Gasteiger partial charge is 0.487 e. The van der Waals surface area contributed by atoms with Crippen LogP contribution < -0.4 is 14.8 Å². The smallest absolute Gasteiger partial charge is 0.411 e. The average molecular weight is 708 g/mol. The van der Waals surface area contributed by atoms with Crippen molar-refractivity contribution in [2.75, 3.05) is 32.2 Å². The Kier molecular flexibility index (Phi) is 12.1. The van der Waals surface area contributed by atoms with Crippen molar-refractivity contribution in [3.05, 3.63) is 65.9 Å². The van der Waals surface area contributed by atoms with Gasteiger partial charge in [-0.1, -0.05) is 13.8 Å². The Hall–Kier alpha value is -3.69. The summed E-state index contributed by atoms with van der Waals surface area (Å²) in [6, 6.07) is 10.1. The van der Waals surface area contributed by atoms with E-state index in [0.717, 1.165) is 15.8 Å². The summed E-state index contributed by atoms with van der Waals surface area (Å²) in [5, 5.41) is 12.2. The van der Waals surface area contributed by atoms with Crippen LogP contribution in [0.3, 0.4) is 0 Å². The number of nitrogens with one attached hydrogen (secondary N) is 1. The number of hydrogen-bond acceptors (Lipinski definition) is 10. The van der Waals surface area contributed by atoms with Crippen molar-refractivity contribution in [2.45, 2.75) is 27.2 Å². The van der Waals surface area contributed by atoms with Gasteiger partial charge in [0.2, 0.25) is 5.88 Å². The van der Waals surface area contributed by atoms with Crippen molar-refractivity contribution in [2.24, 2.45) is 0 Å². The van der Waals surface area contributed by atoms with E-state index in [4.69, 9.17) is 19.3 Å². The molecule has 0 aliphatic rings. The van der Waals surface area contributed by atoms with Crippen LogP contribution in [-0.2, 0) is 11.2 Å². The lowest BCUT2D eigenvalue weighted by molar-refractivity contribution is 0.136. The Bertz CT molecular complexity index is 1650. The SMILES string of the molecule is CC.COc1cnc2c(-c3nc4cc(F)c(OCCOC(=O)Nc5ccc(CCO)nc5)cc4s3)cc(C)cc2n1.I. The Labute approximate surface area is 263 Å². The minimum Gasteiger partial charge on any atom is -0.487 e. The van der Waals surface area contributed by atoms with Gasteiger partial charge >= 0.3 is 6.09 Å². The van der Waals surface area contributed by atoms with Gasteiger partial charge in [-0.25, -0.2) is 24.1 Å². The second kappa shape index (κ2) is 15.5. The minimum atomic E-state index is -0.690. The molecular formula is C29H31FIN5O5S. The summed E-state index contributed by atoms with van der Waals surface area (Å²) in [5.74, 6) is -0.126. The summed E-state index contributed by atoms with van der Waals surface area (Å²) >= 11 is 1.38. The topological polar surface area (TPSA) is 129 Å². The molecule has 5 rings (SSSR count). The highest BCUT2D eigenvalue weighted by Crippen LogP contribution is 2.37. The number of aliphatic hydroxyl groups is 1. The molecule has 0 saturated carbocycles. The summed E-state index contributed by atoms with van der Waals surface area (Å²) < 4.78 is 31.3. The van der Waals surface area contributed by atoms with Crippen LogP contribution in [0, 0.1) is 12.7 Å². The van der Waals surface area contributed by atoms with Gasteiger partial charge in [0.1, 0.15) is 18.2 Å². The first kappa shape index (κ1) is 32.8. The molecule has 5 aromatic rings. The fraction of sp³-hybridized carbons (Fsp3) is 0.276. The number of ether oxygens (including phenoxy) is 3. The molecule has 3 aromatic heterocycles. The number of thiazole rings is 1. The first-order valence-corrected chi connectivity index (χ1v) is 13.8. The number of carbonyl (C=O) groups is 1. The molecule has 0 radical (unpaired) electrons. The van der Waals surface area contributed by atoms with Gasteiger partial charge in [-0.3, -0.25) is 10.3 Å². The number of amides is 1. The zero-order valence-corrected chi connectivity index (χ0v) is 26.7. The maximum Gasteiger partial charge on any atom is 0.411 e. The van der Waals surface area contributed by atoms with Gasteiger partial charge in [-0.2, -0.15) is 0 Å². The van der Waals surface area contributed by atoms with Gasteiger partial charge < -0.3 is 19.3 Å². The number of nitrogens with zero attached hydrogens (tertiary/aromatic N) is 4. The molecule has 0 bridgehead atoms. The highest BCUT2D eigenvalue weighted by Gasteiger charge is 2.16. The van der Waals surface area contributed by atoms with Gasteiger partial charge in [0.15, 0.2) is 11.6 Å². The predicted octanol–water partition coefficient (Wildman–Crippen LogP) is 6.56. The summed E-state index contributed by atoms with van der Waals surface area (Å²) in [6.07, 6.45) is 2.76. The second-order valence-electron chi connectivity index (χ2n) is 8.48. The van der Waals surface area contributed by atoms with Crippen LogP contribution in [-0.4, -0.2) is 58.1 Å². The molecule has 13 heteroatoms. The number of anilines is 1. The number of halogens is 2. The minimum absolute atomic E-state index is 0. The number of rotatable bonds is 9. The molecule has 0 unspecified atom stereocenters. The second-order valence-corrected chi connectivity index (χ2v) is 9.51. The number of fused-ring (bicyclic) bond motifs is 2. The molecule has 2 N–H and O–H groups in total. The Morgan fingerprint density at radius 2 is 1.86 bits per heavy atom. The summed E-state index contributed by atoms with van der Waals surface area (Å²) in [4.78, 5) is 29.7. The number of aromatic nitrogens is 4. The summed E-state index contributed by atoms with van der Waals surface area (Å²) in [5.41, 5.74) is 4.77. The maximum absolute atomic E-state index is 14.8. The third-order valence-corrected chi connectivity index (χ3v) is 6.72. The van der Waals surface area contributed by atoms with Gasteiger partial charge in [0, 0.05) is 36.4 Å². The molecule has 0 aliphatic heterocycles. The van der Waals surface area contributed by atoms with Crippen LogP contribution in [0.5, 0.6) is 11.6 Å². The fourth-order valence-electron chi connectivity index (χ4n) is 3.87. The third kappa shape index (κ3) is 7.98. The molecule has 0 atom stereocenters. The van der Waals surface area contributed by atoms with E-state index in [2.05, 4.69) is 25.3 Å². The van der Waals surface area contributed by atoms with Crippen LogP contribution in [0.4, 0.5) is 14.9 Å². The number of aliphatic hydroxyl groups excluding tert-OH is 1. The van der Waals surface area contributed by atoms with Crippen molar-refractivity contribution in [3.8, 4) is 22.2 Å². The number of benzene rings is 2. The van der Waals surface area contributed by atoms with E-state index in [1.807, 2.05) is 32.9 Å². The Balaban J connectivity index is 0.00000158. The molecule has 10 nitrogen and oxygen atoms in total. The molecule has 2 aromatic carbocycles. The van der Waals surface area contributed by atoms with Crippen molar-refractivity contribution in [3.63, 3.8) is 0 Å². The number of aryl methyl sites for hydroxylation is 1. The standard InChI is InChI=1S/C27H24FN5O5S.C2H6.HI/c1-15-9-18(25-21(10-15)32-24(36-2)14-30-25)26-33-20-11-19(28)22(12-23(20)39-26)37-7-8-38-27(35)31-17-4-3-16(5-6-34)29-13-17;1-2;/h3-4,9-14,34H,5-8H2,1-2H3,(H,31,35);1-2H3;1H. The number of carbonyl (C=O) groups excluding carboxylic acids is 1. The van der Waals surface area contributed by atoms with E-state index in [-0.39, 0.29) is 49.5 Å². The van der Waals surface area contributed by atoms with E-state index in [9.17, 15) is 9.18 Å². The first-order chi connectivity index (χ1) is 19.9. The van der Waals surface area contributed by atoms with Crippen molar-refractivity contribution < 1.29 is 28.5 Å². The van der Waals surface area contributed by atoms with Crippen molar-refractivity contribution in [1.82, 2.24) is 19.9 Å². The Morgan fingerprint density at radius 3 is 2.57 bits per heavy atom. The lowest BCUT2D eigenvalue weighted by atomic mass is 10.1. The van der Waals surface area contributed by atoms with Gasteiger partial charge in [-0.15, -0.1) is 35.3 Å².